The highest BCUT2D eigenvalue weighted by Crippen LogP contribution is 2.22. The number of terminal acetylenes is 1. The lowest BCUT2D eigenvalue weighted by Crippen LogP contribution is -2.29. The van der Waals surface area contributed by atoms with Crippen LogP contribution in [0, 0.1) is 88.5 Å². The first-order chi connectivity index (χ1) is 69.8. The molecule has 0 saturated heterocycles. The molecule has 0 saturated carbocycles. The Morgan fingerprint density at radius 3 is 1.03 bits per heavy atom. The molecule has 0 aromatic heterocycles. The highest BCUT2D eigenvalue weighted by Gasteiger charge is 2.19. The molecule has 0 aliphatic heterocycles. The van der Waals surface area contributed by atoms with Gasteiger partial charge in [0.2, 0.25) is 50.1 Å². The molecular formula is C112H152N12O20S5. The zero-order valence-electron chi connectivity index (χ0n) is 90.4. The van der Waals surface area contributed by atoms with Crippen molar-refractivity contribution >= 4 is 143 Å². The molecule has 11 rings (SSSR count). The van der Waals surface area contributed by atoms with Gasteiger partial charge < -0.3 is 34.9 Å². The van der Waals surface area contributed by atoms with Crippen LogP contribution < -0.4 is 60.0 Å². The Morgan fingerprint density at radius 2 is 0.725 bits per heavy atom. The Kier molecular flexibility index (Phi) is 61.7. The van der Waals surface area contributed by atoms with Crippen LogP contribution in [0.25, 0.3) is 0 Å². The van der Waals surface area contributed by atoms with Crippen molar-refractivity contribution in [3.05, 3.63) is 346 Å². The number of nitrogens with one attached hydrogen (secondary N) is 10. The fourth-order valence-corrected chi connectivity index (χ4v) is 14.2. The van der Waals surface area contributed by atoms with E-state index in [0.717, 1.165) is 103 Å². The molecule has 2 unspecified atom stereocenters. The summed E-state index contributed by atoms with van der Waals surface area (Å²) in [7, 11) is -11.3. The molecule has 149 heavy (non-hydrogen) atoms. The van der Waals surface area contributed by atoms with Crippen molar-refractivity contribution in [1.29, 1.82) is 0 Å². The summed E-state index contributed by atoms with van der Waals surface area (Å²) in [5.41, 5.74) is 20.0. The number of carbonyl (C=O) groups excluding carboxylic acids is 6. The third-order valence-electron chi connectivity index (χ3n) is 19.6. The smallest absolute Gasteiger partial charge is 0.412 e. The predicted molar refractivity (Wildman–Crippen MR) is 613 cm³/mol. The van der Waals surface area contributed by atoms with Crippen LogP contribution in [0.3, 0.4) is 0 Å². The first kappa shape index (κ1) is 132. The van der Waals surface area contributed by atoms with Gasteiger partial charge in [0.25, 0.3) is 5.91 Å². The average molecular weight is 2150 g/mol. The lowest BCUT2D eigenvalue weighted by Gasteiger charge is -2.18. The molecule has 810 valence electrons. The molecule has 0 heterocycles. The van der Waals surface area contributed by atoms with E-state index in [1.165, 1.54) is 27.5 Å². The zero-order chi connectivity index (χ0) is 113. The summed E-state index contributed by atoms with van der Waals surface area (Å²) in [5, 5.41) is 18.4. The third-order valence-corrected chi connectivity index (χ3v) is 26.3. The highest BCUT2D eigenvalue weighted by molar-refractivity contribution is 7.93. The van der Waals surface area contributed by atoms with E-state index in [2.05, 4.69) is 73.4 Å². The second kappa shape index (κ2) is 69.4. The van der Waals surface area contributed by atoms with E-state index in [-0.39, 0.29) is 48.3 Å². The van der Waals surface area contributed by atoms with Crippen molar-refractivity contribution in [3.63, 3.8) is 0 Å². The van der Waals surface area contributed by atoms with Crippen LogP contribution >= 0.6 is 0 Å². The fraction of sp³-hybridized carbons (Fsp3) is 0.321. The van der Waals surface area contributed by atoms with Gasteiger partial charge in [-0.15, -0.1) is 6.42 Å². The molecule has 10 N–H and O–H groups in total. The number of rotatable bonds is 27. The number of carbonyl (C=O) groups is 6. The molecule has 37 heteroatoms. The maximum absolute atomic E-state index is 11.5. The first-order valence-corrected chi connectivity index (χ1v) is 56.1. The van der Waals surface area contributed by atoms with Crippen molar-refractivity contribution in [1.82, 2.24) is 10.6 Å². The lowest BCUT2D eigenvalue weighted by atomic mass is 10.1. The van der Waals surface area contributed by atoms with Crippen molar-refractivity contribution < 1.29 is 89.8 Å². The summed E-state index contributed by atoms with van der Waals surface area (Å²) in [6.07, 6.45) is 8.43. The third kappa shape index (κ3) is 62.1. The fourth-order valence-electron chi connectivity index (χ4n) is 11.0. The normalized spacial score (nSPS) is 10.8. The van der Waals surface area contributed by atoms with Gasteiger partial charge in [0, 0.05) is 77.7 Å². The van der Waals surface area contributed by atoms with Crippen LogP contribution in [0.1, 0.15) is 154 Å². The molecule has 0 radical (unpaired) electrons. The van der Waals surface area contributed by atoms with Crippen LogP contribution in [0.4, 0.5) is 80.8 Å². The molecule has 0 spiro atoms. The number of urea groups is 1. The molecule has 0 aliphatic rings. The number of sulfonamides is 5. The molecule has 0 aliphatic carbocycles. The maximum atomic E-state index is 11.5. The summed E-state index contributed by atoms with van der Waals surface area (Å²) >= 11 is 0. The van der Waals surface area contributed by atoms with Gasteiger partial charge in [0.05, 0.1) is 47.8 Å². The molecule has 0 bridgehead atoms. The van der Waals surface area contributed by atoms with Gasteiger partial charge in [0.15, 0.2) is 6.61 Å². The number of hydrogen-bond donors (Lipinski definition) is 10. The van der Waals surface area contributed by atoms with Crippen molar-refractivity contribution in [2.45, 2.75) is 182 Å². The standard InChI is InChI=1S/C12H17NO2.C12H15NO2.C11H16N2O.C11H11NO2.C11H15NO.2C10H15NO2S.2C9H13NO2S.C9H11NO2.C8H11NO2S/c2*1-4-10(3)15-12(14)13-11-7-5-6-9(2)8-11;1-3-7-12-11(14)13-10-6-4-5-9(2)8-10;1-3-7-14-11(13)12-10-6-4-5-9(2)8-10;1-8(2)12-11(13)10-6-4-9(3)5-7-10;1-8(2)14(12,13)11-10-6-4-9(3)5-7-10;1-4-14(12,13)11(3)10-7-5-9(2)6-8-10;1-8-4-6-9(7-5-8)10(2)13(3,11)12;1-3-13(11,12)10-9-6-4-8(2)5-7-9;1-7-4-3-5-8(6-7)10-9(11)12-2;1-7-3-5-8(6-4-7)9-12(2,10)11/h5-8,10H,4H2,1-3H3,(H,13,14);4-8,10H,1H2,2-3H3,(H,13,14);4-6,8H,3,7H2,1-2H3,(H2,12,13,14);1,4-6,8H,7H2,2H3,(H,12,13);4-8H,1-3H3,(H,12,13);4-8,11H,1-3H3;5-8H,4H2,1-3H3;4-7H,1-3H3;4-7,10H,3H2,1-2H3;3-6H,1-2H3,(H,10,11);3-6,9H,1-2H3. The summed E-state index contributed by atoms with van der Waals surface area (Å²) in [5.74, 6) is 2.43. The molecular weight excluding hydrogens is 1990 g/mol. The maximum Gasteiger partial charge on any atom is 0.412 e. The number of benzene rings is 11. The Bertz CT molecular complexity index is 6560. The number of amides is 7. The summed E-state index contributed by atoms with van der Waals surface area (Å²) in [4.78, 5) is 67.2. The van der Waals surface area contributed by atoms with Crippen LogP contribution in [-0.4, -0.2) is 160 Å². The van der Waals surface area contributed by atoms with E-state index in [0.29, 0.717) is 40.7 Å². The van der Waals surface area contributed by atoms with Gasteiger partial charge in [-0.3, -0.25) is 48.8 Å². The van der Waals surface area contributed by atoms with Gasteiger partial charge >= 0.3 is 30.4 Å². The van der Waals surface area contributed by atoms with E-state index < -0.39 is 79.7 Å². The second-order valence-electron chi connectivity index (χ2n) is 34.4. The van der Waals surface area contributed by atoms with E-state index in [4.69, 9.17) is 15.9 Å². The molecule has 11 aromatic carbocycles. The Balaban J connectivity index is 0.000000820. The number of aryl methyl sites for hydroxylation is 11. The number of ether oxygens (including phenoxy) is 4. The number of nitrogens with zero attached hydrogens (tertiary/aromatic N) is 2. The van der Waals surface area contributed by atoms with E-state index in [9.17, 15) is 70.9 Å². The highest BCUT2D eigenvalue weighted by atomic mass is 32.2. The van der Waals surface area contributed by atoms with Gasteiger partial charge in [-0.05, 0) is 306 Å². The zero-order valence-corrected chi connectivity index (χ0v) is 94.5. The topological polar surface area (TPSA) is 437 Å². The molecule has 2 atom stereocenters. The van der Waals surface area contributed by atoms with Crippen LogP contribution in [0.15, 0.2) is 280 Å². The summed E-state index contributed by atoms with van der Waals surface area (Å²) in [6.45, 7) is 43.9. The SMILES string of the molecule is C#CCOC(=O)Nc1cccc(C)c1.C=CC(C)OC(=O)Nc1cccc(C)c1.CCC(C)OC(=O)Nc1cccc(C)c1.CCCNC(=O)Nc1cccc(C)c1.CCS(=O)(=O)N(C)c1ccc(C)cc1.CCS(=O)(=O)Nc1ccc(C)cc1.COC(=O)Nc1cccc(C)c1.Cc1ccc(C(=O)NC(C)C)cc1.Cc1ccc(N(C)S(C)(=O)=O)cc1.Cc1ccc(NS(=O)(=O)C(C)C)cc1.Cc1ccc(NS(C)(=O)=O)cc1. The summed E-state index contributed by atoms with van der Waals surface area (Å²) in [6, 6.07) is 81.9. The minimum absolute atomic E-state index is 0.00463. The number of hydrogen-bond acceptors (Lipinski definition) is 20. The first-order valence-electron chi connectivity index (χ1n) is 47.6. The Hall–Kier alpha value is -14.7. The number of anilines is 10. The van der Waals surface area contributed by atoms with Crippen molar-refractivity contribution in [2.75, 3.05) is 108 Å². The lowest BCUT2D eigenvalue weighted by molar-refractivity contribution is 0.0942. The summed E-state index contributed by atoms with van der Waals surface area (Å²) < 4.78 is 141. The van der Waals surface area contributed by atoms with E-state index in [1.807, 2.05) is 323 Å². The average Bonchev–Trinajstić information content (AvgIpc) is 0.832. The minimum Gasteiger partial charge on any atom is -0.453 e. The van der Waals surface area contributed by atoms with Crippen molar-refractivity contribution in [2.24, 2.45) is 0 Å². The number of methoxy groups -OCH3 is 1. The molecule has 11 aromatic rings. The second-order valence-corrected chi connectivity index (χ2v) is 44.7. The van der Waals surface area contributed by atoms with E-state index >= 15 is 0 Å². The van der Waals surface area contributed by atoms with Crippen LogP contribution in [-0.2, 0) is 69.1 Å². The van der Waals surface area contributed by atoms with Crippen LogP contribution in [0.5, 0.6) is 0 Å². The quantitative estimate of drug-likeness (QED) is 0.0130. The molecule has 7 amide bonds. The minimum atomic E-state index is -3.21. The molecule has 32 nitrogen and oxygen atoms in total. The van der Waals surface area contributed by atoms with Gasteiger partial charge in [0.1, 0.15) is 12.2 Å². The predicted octanol–water partition coefficient (Wildman–Crippen LogP) is 23.9. The Labute approximate surface area is 885 Å². The van der Waals surface area contributed by atoms with Crippen LogP contribution in [0.2, 0.25) is 0 Å². The van der Waals surface area contributed by atoms with Crippen molar-refractivity contribution in [3.8, 4) is 12.3 Å². The van der Waals surface area contributed by atoms with Gasteiger partial charge in [-0.1, -0.05) is 199 Å². The Morgan fingerprint density at radius 1 is 0.396 bits per heavy atom. The van der Waals surface area contributed by atoms with E-state index in [1.54, 1.807) is 109 Å². The largest absolute Gasteiger partial charge is 0.453 e. The van der Waals surface area contributed by atoms with Gasteiger partial charge in [-0.25, -0.2) is 66.1 Å². The van der Waals surface area contributed by atoms with Gasteiger partial charge in [-0.2, -0.15) is 0 Å². The monoisotopic (exact) mass is 2140 g/mol. The molecule has 0 fully saturated rings.